The smallest absolute Gasteiger partial charge is 0.352 e. The van der Waals surface area contributed by atoms with Gasteiger partial charge in [-0.05, 0) is 55.0 Å². The molecule has 0 saturated heterocycles. The van der Waals surface area contributed by atoms with E-state index in [1.54, 1.807) is 0 Å². The Morgan fingerprint density at radius 3 is 2.60 bits per heavy atom. The first kappa shape index (κ1) is 13.3. The number of hydrogen-bond acceptors (Lipinski definition) is 1. The molecule has 0 bridgehead atoms. The maximum Gasteiger partial charge on any atom is 0.352 e. The Kier molecular flexibility index (Phi) is 3.53. The van der Waals surface area contributed by atoms with Crippen LogP contribution in [0.5, 0.6) is 0 Å². The van der Waals surface area contributed by atoms with Crippen molar-refractivity contribution in [2.45, 2.75) is 32.2 Å². The number of rotatable bonds is 3. The molecule has 1 aliphatic carbocycles. The molecule has 1 N–H and O–H groups in total. The number of nitrogens with zero attached hydrogens (tertiary/aromatic N) is 1. The molecule has 3 rings (SSSR count). The van der Waals surface area contributed by atoms with Gasteiger partial charge in [0.25, 0.3) is 0 Å². The standard InChI is InChI=1S/C16H16ClNO2/c17-13-7-5-11(6-8-13)10-18-14-4-2-1-3-12(14)9-15(18)16(19)20/h5-9H,1-4,10H2,(H,19,20). The number of carboxylic acid groups (broad SMARTS) is 1. The Bertz CT molecular complexity index is 643. The van der Waals surface area contributed by atoms with Crippen LogP contribution in [0, 0.1) is 0 Å². The van der Waals surface area contributed by atoms with Gasteiger partial charge < -0.3 is 9.67 Å². The number of hydrogen-bond donors (Lipinski definition) is 1. The van der Waals surface area contributed by atoms with Gasteiger partial charge in [-0.25, -0.2) is 4.79 Å². The van der Waals surface area contributed by atoms with Gasteiger partial charge in [0.15, 0.2) is 0 Å². The van der Waals surface area contributed by atoms with Gasteiger partial charge in [-0.1, -0.05) is 23.7 Å². The highest BCUT2D eigenvalue weighted by Gasteiger charge is 2.21. The fourth-order valence-corrected chi connectivity index (χ4v) is 3.02. The van der Waals surface area contributed by atoms with Crippen LogP contribution in [0.3, 0.4) is 0 Å². The number of benzene rings is 1. The molecule has 0 unspecified atom stereocenters. The lowest BCUT2D eigenvalue weighted by Gasteiger charge is -2.16. The molecule has 1 aliphatic rings. The summed E-state index contributed by atoms with van der Waals surface area (Å²) in [6.45, 7) is 0.591. The van der Waals surface area contributed by atoms with E-state index >= 15 is 0 Å². The van der Waals surface area contributed by atoms with E-state index in [0.29, 0.717) is 17.3 Å². The summed E-state index contributed by atoms with van der Waals surface area (Å²) >= 11 is 5.89. The van der Waals surface area contributed by atoms with Gasteiger partial charge >= 0.3 is 5.97 Å². The quantitative estimate of drug-likeness (QED) is 0.934. The summed E-state index contributed by atoms with van der Waals surface area (Å²) in [5.74, 6) is -0.853. The predicted molar refractivity (Wildman–Crippen MR) is 78.6 cm³/mol. The second-order valence-electron chi connectivity index (χ2n) is 5.23. The van der Waals surface area contributed by atoms with E-state index in [0.717, 1.165) is 31.2 Å². The summed E-state index contributed by atoms with van der Waals surface area (Å²) in [7, 11) is 0. The average Bonchev–Trinajstić information content (AvgIpc) is 2.81. The van der Waals surface area contributed by atoms with E-state index in [-0.39, 0.29) is 0 Å². The number of carboxylic acids is 1. The Balaban J connectivity index is 2.00. The molecule has 104 valence electrons. The minimum atomic E-state index is -0.853. The van der Waals surface area contributed by atoms with Gasteiger partial charge in [-0.2, -0.15) is 0 Å². The molecular formula is C16H16ClNO2. The monoisotopic (exact) mass is 289 g/mol. The van der Waals surface area contributed by atoms with Crippen LogP contribution < -0.4 is 0 Å². The van der Waals surface area contributed by atoms with Crippen molar-refractivity contribution in [3.8, 4) is 0 Å². The first-order chi connectivity index (χ1) is 9.65. The third kappa shape index (κ3) is 2.46. The molecule has 1 aromatic heterocycles. The largest absolute Gasteiger partial charge is 0.477 e. The molecule has 0 aliphatic heterocycles. The van der Waals surface area contributed by atoms with Crippen molar-refractivity contribution in [3.63, 3.8) is 0 Å². The van der Waals surface area contributed by atoms with Crippen LogP contribution in [0.1, 0.15) is 40.2 Å². The van der Waals surface area contributed by atoms with Crippen LogP contribution in [0.4, 0.5) is 0 Å². The van der Waals surface area contributed by atoms with Crippen LogP contribution in [0.2, 0.25) is 5.02 Å². The highest BCUT2D eigenvalue weighted by atomic mass is 35.5. The number of halogens is 1. The van der Waals surface area contributed by atoms with Gasteiger partial charge in [0, 0.05) is 17.3 Å². The minimum Gasteiger partial charge on any atom is -0.477 e. The lowest BCUT2D eigenvalue weighted by atomic mass is 9.98. The predicted octanol–water partition coefficient (Wildman–Crippen LogP) is 3.77. The molecule has 0 radical (unpaired) electrons. The zero-order chi connectivity index (χ0) is 14.1. The first-order valence-corrected chi connectivity index (χ1v) is 7.22. The van der Waals surface area contributed by atoms with E-state index in [1.165, 1.54) is 11.3 Å². The van der Waals surface area contributed by atoms with Crippen LogP contribution in [-0.4, -0.2) is 15.6 Å². The summed E-state index contributed by atoms with van der Waals surface area (Å²) in [6.07, 6.45) is 4.24. The van der Waals surface area contributed by atoms with Crippen molar-refractivity contribution in [1.29, 1.82) is 0 Å². The third-order valence-electron chi connectivity index (χ3n) is 3.88. The van der Waals surface area contributed by atoms with Crippen molar-refractivity contribution in [3.05, 3.63) is 57.9 Å². The molecule has 2 aromatic rings. The SMILES string of the molecule is O=C(O)c1cc2c(n1Cc1ccc(Cl)cc1)CCCC2. The Hall–Kier alpha value is -1.74. The summed E-state index contributed by atoms with van der Waals surface area (Å²) in [5, 5.41) is 10.1. The number of aromatic carboxylic acids is 1. The average molecular weight is 290 g/mol. The Morgan fingerprint density at radius 1 is 1.20 bits per heavy atom. The Labute approximate surface area is 122 Å². The van der Waals surface area contributed by atoms with Crippen molar-refractivity contribution in [1.82, 2.24) is 4.57 Å². The second-order valence-corrected chi connectivity index (χ2v) is 5.66. The van der Waals surface area contributed by atoms with Gasteiger partial charge in [0.05, 0.1) is 0 Å². The summed E-state index contributed by atoms with van der Waals surface area (Å²) < 4.78 is 1.94. The van der Waals surface area contributed by atoms with Crippen LogP contribution in [0.15, 0.2) is 30.3 Å². The van der Waals surface area contributed by atoms with Crippen molar-refractivity contribution in [2.75, 3.05) is 0 Å². The molecule has 4 heteroatoms. The van der Waals surface area contributed by atoms with Gasteiger partial charge in [0.1, 0.15) is 5.69 Å². The number of aromatic nitrogens is 1. The van der Waals surface area contributed by atoms with E-state index < -0.39 is 5.97 Å². The fourth-order valence-electron chi connectivity index (χ4n) is 2.90. The molecule has 1 heterocycles. The van der Waals surface area contributed by atoms with Crippen molar-refractivity contribution >= 4 is 17.6 Å². The molecule has 0 saturated carbocycles. The van der Waals surface area contributed by atoms with E-state index in [9.17, 15) is 9.90 Å². The second kappa shape index (κ2) is 5.33. The molecule has 0 atom stereocenters. The molecule has 0 fully saturated rings. The zero-order valence-corrected chi connectivity index (χ0v) is 11.9. The highest BCUT2D eigenvalue weighted by Crippen LogP contribution is 2.26. The van der Waals surface area contributed by atoms with Crippen LogP contribution >= 0.6 is 11.6 Å². The number of fused-ring (bicyclic) bond motifs is 1. The third-order valence-corrected chi connectivity index (χ3v) is 4.13. The summed E-state index contributed by atoms with van der Waals surface area (Å²) in [4.78, 5) is 11.4. The molecule has 1 aromatic carbocycles. The first-order valence-electron chi connectivity index (χ1n) is 6.84. The van der Waals surface area contributed by atoms with Crippen molar-refractivity contribution < 1.29 is 9.90 Å². The van der Waals surface area contributed by atoms with E-state index in [2.05, 4.69) is 0 Å². The lowest BCUT2D eigenvalue weighted by molar-refractivity contribution is 0.0685. The van der Waals surface area contributed by atoms with Crippen LogP contribution in [0.25, 0.3) is 0 Å². The van der Waals surface area contributed by atoms with Gasteiger partial charge in [0.2, 0.25) is 0 Å². The normalized spacial score (nSPS) is 14.1. The Morgan fingerprint density at radius 2 is 1.90 bits per heavy atom. The minimum absolute atomic E-state index is 0.395. The van der Waals surface area contributed by atoms with Crippen molar-refractivity contribution in [2.24, 2.45) is 0 Å². The fraction of sp³-hybridized carbons (Fsp3) is 0.312. The molecule has 0 spiro atoms. The molecule has 3 nitrogen and oxygen atoms in total. The number of carbonyl (C=O) groups is 1. The van der Waals surface area contributed by atoms with E-state index in [1.807, 2.05) is 34.9 Å². The topological polar surface area (TPSA) is 42.2 Å². The lowest BCUT2D eigenvalue weighted by Crippen LogP contribution is -2.14. The number of aryl methyl sites for hydroxylation is 1. The maximum atomic E-state index is 11.4. The summed E-state index contributed by atoms with van der Waals surface area (Å²) in [5.41, 5.74) is 3.85. The summed E-state index contributed by atoms with van der Waals surface area (Å²) in [6, 6.07) is 9.42. The molecular weight excluding hydrogens is 274 g/mol. The molecule has 20 heavy (non-hydrogen) atoms. The maximum absolute atomic E-state index is 11.4. The van der Waals surface area contributed by atoms with E-state index in [4.69, 9.17) is 11.6 Å². The van der Waals surface area contributed by atoms with Crippen LogP contribution in [-0.2, 0) is 19.4 Å². The van der Waals surface area contributed by atoms with Gasteiger partial charge in [-0.3, -0.25) is 0 Å². The zero-order valence-electron chi connectivity index (χ0n) is 11.1. The molecule has 0 amide bonds. The van der Waals surface area contributed by atoms with Gasteiger partial charge in [-0.15, -0.1) is 0 Å². The highest BCUT2D eigenvalue weighted by molar-refractivity contribution is 6.30.